The molecule has 0 amide bonds. The molecule has 0 radical (unpaired) electrons. The molecular formula is C49H29N9. The van der Waals surface area contributed by atoms with E-state index in [-0.39, 0.29) is 0 Å². The minimum Gasteiger partial charge on any atom is -0.256 e. The maximum Gasteiger partial charge on any atom is 0.164 e. The van der Waals surface area contributed by atoms with Gasteiger partial charge in [0, 0.05) is 92.1 Å². The Balaban J connectivity index is 1.21. The first kappa shape index (κ1) is 33.2. The van der Waals surface area contributed by atoms with Gasteiger partial charge in [0.15, 0.2) is 17.5 Å². The molecule has 9 heteroatoms. The molecule has 0 unspecified atom stereocenters. The molecule has 0 aliphatic heterocycles. The molecular weight excluding hydrogens is 715 g/mol. The zero-order valence-corrected chi connectivity index (χ0v) is 30.8. The van der Waals surface area contributed by atoms with Crippen LogP contribution in [0.4, 0.5) is 0 Å². The SMILES string of the molecule is c1ccc(-c2nc(-c3ccc(-c4cncnc4)cc3)nc(-c3cc(-c4c5cccnc5cc5cccnc45)cc(-c4c5cccnc5cc5cccnc45)c3)n2)cc1. The summed E-state index contributed by atoms with van der Waals surface area (Å²) in [6.45, 7) is 0. The van der Waals surface area contributed by atoms with Crippen molar-refractivity contribution in [2.75, 3.05) is 0 Å². The van der Waals surface area contributed by atoms with E-state index in [2.05, 4.69) is 64.6 Å². The van der Waals surface area contributed by atoms with E-state index in [1.807, 2.05) is 104 Å². The van der Waals surface area contributed by atoms with Crippen molar-refractivity contribution >= 4 is 43.6 Å². The van der Waals surface area contributed by atoms with Crippen molar-refractivity contribution in [3.63, 3.8) is 0 Å². The smallest absolute Gasteiger partial charge is 0.164 e. The molecule has 0 saturated heterocycles. The van der Waals surface area contributed by atoms with Crippen molar-refractivity contribution in [2.45, 2.75) is 0 Å². The largest absolute Gasteiger partial charge is 0.256 e. The number of benzene rings is 5. The predicted molar refractivity (Wildman–Crippen MR) is 229 cm³/mol. The third-order valence-electron chi connectivity index (χ3n) is 10.4. The standard InChI is InChI=1S/C49H29N9/c1-2-8-31(9-3-1)47-56-48(32-16-14-30(15-17-32)38-27-50-29-51-28-38)58-49(57-47)37-23-35(43-39-12-6-18-52-41(39)25-33-10-4-20-54-45(33)43)22-36(24-37)44-40-13-7-19-53-42(40)26-34-11-5-21-55-46(34)44/h1-29H. The molecule has 6 heterocycles. The molecule has 0 aliphatic rings. The number of hydrogen-bond donors (Lipinski definition) is 0. The predicted octanol–water partition coefficient (Wildman–Crippen LogP) is 10.9. The maximum absolute atomic E-state index is 5.22. The van der Waals surface area contributed by atoms with Gasteiger partial charge >= 0.3 is 0 Å². The molecule has 5 aromatic carbocycles. The van der Waals surface area contributed by atoms with Gasteiger partial charge < -0.3 is 0 Å². The fourth-order valence-corrected chi connectivity index (χ4v) is 7.76. The van der Waals surface area contributed by atoms with Crippen LogP contribution in [0.5, 0.6) is 0 Å². The van der Waals surface area contributed by atoms with Crippen molar-refractivity contribution in [1.29, 1.82) is 0 Å². The van der Waals surface area contributed by atoms with E-state index >= 15 is 0 Å². The van der Waals surface area contributed by atoms with Crippen molar-refractivity contribution in [3.8, 4) is 67.5 Å². The summed E-state index contributed by atoms with van der Waals surface area (Å²) in [6, 6.07) is 45.1. The average molecular weight is 744 g/mol. The summed E-state index contributed by atoms with van der Waals surface area (Å²) in [5.74, 6) is 1.64. The molecule has 9 nitrogen and oxygen atoms in total. The third kappa shape index (κ3) is 5.86. The monoisotopic (exact) mass is 743 g/mol. The van der Waals surface area contributed by atoms with E-state index in [0.717, 1.165) is 93.7 Å². The van der Waals surface area contributed by atoms with Gasteiger partial charge in [-0.15, -0.1) is 0 Å². The lowest BCUT2D eigenvalue weighted by molar-refractivity contribution is 1.07. The highest BCUT2D eigenvalue weighted by atomic mass is 15.0. The number of fused-ring (bicyclic) bond motifs is 4. The second-order valence-electron chi connectivity index (χ2n) is 14.0. The van der Waals surface area contributed by atoms with E-state index < -0.39 is 0 Å². The van der Waals surface area contributed by atoms with Crippen molar-refractivity contribution < 1.29 is 0 Å². The molecule has 11 aromatic rings. The van der Waals surface area contributed by atoms with E-state index in [4.69, 9.17) is 34.9 Å². The average Bonchev–Trinajstić information content (AvgIpc) is 3.30. The molecule has 0 aliphatic carbocycles. The minimum absolute atomic E-state index is 0.527. The summed E-state index contributed by atoms with van der Waals surface area (Å²) in [6.07, 6.45) is 12.5. The van der Waals surface area contributed by atoms with Crippen LogP contribution in [0, 0.1) is 0 Å². The maximum atomic E-state index is 5.22. The second kappa shape index (κ2) is 13.8. The van der Waals surface area contributed by atoms with Crippen LogP contribution in [0.15, 0.2) is 177 Å². The van der Waals surface area contributed by atoms with E-state index in [1.165, 1.54) is 6.33 Å². The Hall–Kier alpha value is -8.17. The first-order valence-electron chi connectivity index (χ1n) is 18.8. The Bertz CT molecular complexity index is 3090. The number of pyridine rings is 4. The van der Waals surface area contributed by atoms with Crippen LogP contribution >= 0.6 is 0 Å². The number of rotatable bonds is 6. The van der Waals surface area contributed by atoms with Crippen LogP contribution in [0.2, 0.25) is 0 Å². The molecule has 0 atom stereocenters. The minimum atomic E-state index is 0.527. The summed E-state index contributed by atoms with van der Waals surface area (Å²) in [5, 5.41) is 3.97. The van der Waals surface area contributed by atoms with Crippen LogP contribution in [-0.4, -0.2) is 44.9 Å². The lowest BCUT2D eigenvalue weighted by Crippen LogP contribution is -2.01. The molecule has 6 aromatic heterocycles. The van der Waals surface area contributed by atoms with Gasteiger partial charge in [0.1, 0.15) is 6.33 Å². The van der Waals surface area contributed by atoms with Crippen LogP contribution in [0.1, 0.15) is 0 Å². The Morgan fingerprint density at radius 3 is 1.36 bits per heavy atom. The van der Waals surface area contributed by atoms with Crippen molar-refractivity contribution in [1.82, 2.24) is 44.9 Å². The fraction of sp³-hybridized carbons (Fsp3) is 0. The summed E-state index contributed by atoms with van der Waals surface area (Å²) >= 11 is 0. The summed E-state index contributed by atoms with van der Waals surface area (Å²) in [7, 11) is 0. The summed E-state index contributed by atoms with van der Waals surface area (Å²) in [5.41, 5.74) is 11.8. The summed E-state index contributed by atoms with van der Waals surface area (Å²) in [4.78, 5) is 43.3. The molecule has 0 spiro atoms. The number of hydrogen-bond acceptors (Lipinski definition) is 9. The van der Waals surface area contributed by atoms with Crippen molar-refractivity contribution in [2.24, 2.45) is 0 Å². The molecule has 0 N–H and O–H groups in total. The lowest BCUT2D eigenvalue weighted by Gasteiger charge is -2.16. The molecule has 0 fully saturated rings. The Morgan fingerprint density at radius 2 is 0.793 bits per heavy atom. The molecule has 270 valence electrons. The molecule has 58 heavy (non-hydrogen) atoms. The molecule has 0 bridgehead atoms. The third-order valence-corrected chi connectivity index (χ3v) is 10.4. The van der Waals surface area contributed by atoms with Gasteiger partial charge in [-0.05, 0) is 71.3 Å². The second-order valence-corrected chi connectivity index (χ2v) is 14.0. The van der Waals surface area contributed by atoms with Gasteiger partial charge in [-0.2, -0.15) is 0 Å². The van der Waals surface area contributed by atoms with Crippen LogP contribution in [0.3, 0.4) is 0 Å². The molecule has 11 rings (SSSR count). The highest BCUT2D eigenvalue weighted by Crippen LogP contribution is 2.42. The van der Waals surface area contributed by atoms with Gasteiger partial charge in [-0.1, -0.05) is 78.9 Å². The number of nitrogens with zero attached hydrogens (tertiary/aromatic N) is 9. The van der Waals surface area contributed by atoms with Gasteiger partial charge in [-0.3, -0.25) is 19.9 Å². The van der Waals surface area contributed by atoms with Gasteiger partial charge in [-0.25, -0.2) is 24.9 Å². The highest BCUT2D eigenvalue weighted by molar-refractivity contribution is 6.13. The Kier molecular flexibility index (Phi) is 7.92. The quantitative estimate of drug-likeness (QED) is 0.153. The van der Waals surface area contributed by atoms with Gasteiger partial charge in [0.2, 0.25) is 0 Å². The zero-order valence-electron chi connectivity index (χ0n) is 30.8. The van der Waals surface area contributed by atoms with E-state index in [0.29, 0.717) is 17.5 Å². The number of aromatic nitrogens is 9. The topological polar surface area (TPSA) is 116 Å². The summed E-state index contributed by atoms with van der Waals surface area (Å²) < 4.78 is 0. The zero-order chi connectivity index (χ0) is 38.4. The van der Waals surface area contributed by atoms with Gasteiger partial charge in [0.05, 0.1) is 22.1 Å². The van der Waals surface area contributed by atoms with Crippen molar-refractivity contribution in [3.05, 3.63) is 177 Å². The van der Waals surface area contributed by atoms with E-state index in [1.54, 1.807) is 12.4 Å². The first-order valence-corrected chi connectivity index (χ1v) is 18.8. The Morgan fingerprint density at radius 1 is 0.328 bits per heavy atom. The fourth-order valence-electron chi connectivity index (χ4n) is 7.76. The van der Waals surface area contributed by atoms with Crippen LogP contribution in [-0.2, 0) is 0 Å². The normalized spacial score (nSPS) is 11.4. The van der Waals surface area contributed by atoms with Gasteiger partial charge in [0.25, 0.3) is 0 Å². The highest BCUT2D eigenvalue weighted by Gasteiger charge is 2.20. The molecule has 0 saturated carbocycles. The van der Waals surface area contributed by atoms with Crippen LogP contribution < -0.4 is 0 Å². The van der Waals surface area contributed by atoms with E-state index in [9.17, 15) is 0 Å². The Labute approximate surface area is 331 Å². The lowest BCUT2D eigenvalue weighted by atomic mass is 9.90. The van der Waals surface area contributed by atoms with Crippen LogP contribution in [0.25, 0.3) is 111 Å². The first-order chi connectivity index (χ1) is 28.7.